The minimum absolute atomic E-state index is 0.107. The molecule has 0 aliphatic heterocycles. The maximum Gasteiger partial charge on any atom is 0.322 e. The number of hydrogen-bond acceptors (Lipinski definition) is 5. The summed E-state index contributed by atoms with van der Waals surface area (Å²) >= 11 is 1.80. The Kier molecular flexibility index (Phi) is 5.50. The lowest BCUT2D eigenvalue weighted by Crippen LogP contribution is -2.14. The van der Waals surface area contributed by atoms with E-state index in [1.807, 2.05) is 54.6 Å². The molecule has 1 heterocycles. The number of nitrogens with zero attached hydrogens (tertiary/aromatic N) is 2. The number of anilines is 1. The summed E-state index contributed by atoms with van der Waals surface area (Å²) in [5.41, 5.74) is 1.75. The molecule has 0 saturated heterocycles. The predicted molar refractivity (Wildman–Crippen MR) is 99.5 cm³/mol. The third-order valence-electron chi connectivity index (χ3n) is 3.35. The van der Waals surface area contributed by atoms with Crippen LogP contribution in [0.4, 0.5) is 6.01 Å². The van der Waals surface area contributed by atoms with Crippen molar-refractivity contribution in [1.82, 2.24) is 10.2 Å². The van der Waals surface area contributed by atoms with Crippen LogP contribution in [0.15, 0.2) is 63.9 Å². The molecule has 0 radical (unpaired) electrons. The monoisotopic (exact) mass is 353 g/mol. The van der Waals surface area contributed by atoms with Gasteiger partial charge in [0.1, 0.15) is 0 Å². The van der Waals surface area contributed by atoms with Crippen LogP contribution in [-0.4, -0.2) is 21.4 Å². The zero-order chi connectivity index (χ0) is 17.6. The summed E-state index contributed by atoms with van der Waals surface area (Å²) in [6.07, 6.45) is 0.260. The van der Waals surface area contributed by atoms with Crippen molar-refractivity contribution in [3.63, 3.8) is 0 Å². The Bertz CT molecular complexity index is 829. The number of thioether (sulfide) groups is 1. The molecule has 5 nitrogen and oxygen atoms in total. The van der Waals surface area contributed by atoms with Crippen molar-refractivity contribution < 1.29 is 9.21 Å². The first-order valence-electron chi connectivity index (χ1n) is 8.04. The summed E-state index contributed by atoms with van der Waals surface area (Å²) in [6, 6.07) is 17.5. The standard InChI is InChI=1S/C19H19N3O2S/c1-13(2)25-16-10-8-14(9-11-16)12-17(23)20-19-22-21-18(24-19)15-6-4-3-5-7-15/h3-11,13H,12H2,1-2H3,(H,20,22,23). The minimum atomic E-state index is -0.187. The predicted octanol–water partition coefficient (Wildman–Crippen LogP) is 4.42. The van der Waals surface area contributed by atoms with Crippen LogP contribution in [0.1, 0.15) is 19.4 Å². The summed E-state index contributed by atoms with van der Waals surface area (Å²) < 4.78 is 5.48. The van der Waals surface area contributed by atoms with Crippen LogP contribution >= 0.6 is 11.8 Å². The van der Waals surface area contributed by atoms with Crippen LogP contribution in [0.3, 0.4) is 0 Å². The highest BCUT2D eigenvalue weighted by molar-refractivity contribution is 7.99. The van der Waals surface area contributed by atoms with Crippen molar-refractivity contribution in [2.75, 3.05) is 5.32 Å². The normalized spacial score (nSPS) is 10.8. The van der Waals surface area contributed by atoms with Gasteiger partial charge < -0.3 is 4.42 Å². The number of aromatic nitrogens is 2. The first kappa shape index (κ1) is 17.2. The average Bonchev–Trinajstić information content (AvgIpc) is 3.05. The molecular formula is C19H19N3O2S. The van der Waals surface area contributed by atoms with E-state index in [2.05, 4.69) is 29.4 Å². The van der Waals surface area contributed by atoms with Gasteiger partial charge in [0.15, 0.2) is 0 Å². The second kappa shape index (κ2) is 7.98. The van der Waals surface area contributed by atoms with Crippen LogP contribution < -0.4 is 5.32 Å². The summed E-state index contributed by atoms with van der Waals surface area (Å²) in [7, 11) is 0. The van der Waals surface area contributed by atoms with E-state index in [4.69, 9.17) is 4.42 Å². The molecule has 0 saturated carbocycles. The van der Waals surface area contributed by atoms with Gasteiger partial charge in [-0.15, -0.1) is 16.9 Å². The van der Waals surface area contributed by atoms with E-state index >= 15 is 0 Å². The second-order valence-electron chi connectivity index (χ2n) is 5.81. The fourth-order valence-electron chi connectivity index (χ4n) is 2.28. The SMILES string of the molecule is CC(C)Sc1ccc(CC(=O)Nc2nnc(-c3ccccc3)o2)cc1. The van der Waals surface area contributed by atoms with E-state index in [1.54, 1.807) is 11.8 Å². The van der Waals surface area contributed by atoms with Gasteiger partial charge in [-0.1, -0.05) is 49.3 Å². The van der Waals surface area contributed by atoms with E-state index in [-0.39, 0.29) is 18.3 Å². The molecular weight excluding hydrogens is 334 g/mol. The largest absolute Gasteiger partial charge is 0.403 e. The van der Waals surface area contributed by atoms with Crippen molar-refractivity contribution in [1.29, 1.82) is 0 Å². The maximum atomic E-state index is 12.1. The lowest BCUT2D eigenvalue weighted by Gasteiger charge is -2.06. The fourth-order valence-corrected chi connectivity index (χ4v) is 3.12. The van der Waals surface area contributed by atoms with Gasteiger partial charge in [0, 0.05) is 15.7 Å². The first-order valence-corrected chi connectivity index (χ1v) is 8.92. The van der Waals surface area contributed by atoms with Gasteiger partial charge in [-0.2, -0.15) is 0 Å². The van der Waals surface area contributed by atoms with Crippen molar-refractivity contribution in [3.05, 3.63) is 60.2 Å². The van der Waals surface area contributed by atoms with Crippen molar-refractivity contribution >= 4 is 23.7 Å². The molecule has 2 aromatic carbocycles. The Balaban J connectivity index is 1.58. The first-order chi connectivity index (χ1) is 12.1. The van der Waals surface area contributed by atoms with Crippen LogP contribution in [0.5, 0.6) is 0 Å². The fraction of sp³-hybridized carbons (Fsp3) is 0.211. The molecule has 0 bridgehead atoms. The molecule has 3 rings (SSSR count). The van der Waals surface area contributed by atoms with E-state index in [0.29, 0.717) is 11.1 Å². The van der Waals surface area contributed by atoms with E-state index in [0.717, 1.165) is 11.1 Å². The topological polar surface area (TPSA) is 68.0 Å². The van der Waals surface area contributed by atoms with Gasteiger partial charge in [-0.05, 0) is 29.8 Å². The Morgan fingerprint density at radius 1 is 1.08 bits per heavy atom. The summed E-state index contributed by atoms with van der Waals surface area (Å²) in [6.45, 7) is 4.31. The van der Waals surface area contributed by atoms with E-state index < -0.39 is 0 Å². The van der Waals surface area contributed by atoms with Gasteiger partial charge in [-0.3, -0.25) is 10.1 Å². The van der Waals surface area contributed by atoms with Crippen LogP contribution in [0.2, 0.25) is 0 Å². The van der Waals surface area contributed by atoms with Gasteiger partial charge in [0.05, 0.1) is 6.42 Å². The zero-order valence-corrected chi connectivity index (χ0v) is 14.9. The highest BCUT2D eigenvalue weighted by Crippen LogP contribution is 2.23. The third-order valence-corrected chi connectivity index (χ3v) is 4.37. The summed E-state index contributed by atoms with van der Waals surface area (Å²) in [5, 5.41) is 11.0. The number of rotatable bonds is 6. The number of nitrogens with one attached hydrogen (secondary N) is 1. The average molecular weight is 353 g/mol. The van der Waals surface area contributed by atoms with Crippen molar-refractivity contribution in [2.45, 2.75) is 30.4 Å². The Morgan fingerprint density at radius 3 is 2.48 bits per heavy atom. The number of amides is 1. The molecule has 0 spiro atoms. The van der Waals surface area contributed by atoms with Crippen LogP contribution in [-0.2, 0) is 11.2 Å². The smallest absolute Gasteiger partial charge is 0.322 e. The molecule has 3 aromatic rings. The molecule has 1 amide bonds. The maximum absolute atomic E-state index is 12.1. The molecule has 6 heteroatoms. The second-order valence-corrected chi connectivity index (χ2v) is 7.46. The van der Waals surface area contributed by atoms with Gasteiger partial charge in [0.25, 0.3) is 0 Å². The molecule has 0 unspecified atom stereocenters. The van der Waals surface area contributed by atoms with Gasteiger partial charge in [-0.25, -0.2) is 0 Å². The van der Waals surface area contributed by atoms with E-state index in [9.17, 15) is 4.79 Å². The molecule has 0 fully saturated rings. The van der Waals surface area contributed by atoms with Gasteiger partial charge in [0.2, 0.25) is 11.8 Å². The lowest BCUT2D eigenvalue weighted by molar-refractivity contribution is -0.115. The molecule has 0 aliphatic carbocycles. The molecule has 0 aliphatic rings. The molecule has 128 valence electrons. The summed E-state index contributed by atoms with van der Waals surface area (Å²) in [4.78, 5) is 13.3. The Hall–Kier alpha value is -2.60. The number of hydrogen-bond donors (Lipinski definition) is 1. The van der Waals surface area contributed by atoms with Crippen LogP contribution in [0, 0.1) is 0 Å². The molecule has 0 atom stereocenters. The summed E-state index contributed by atoms with van der Waals surface area (Å²) in [5.74, 6) is 0.193. The number of benzene rings is 2. The third kappa shape index (κ3) is 4.93. The Labute approximate surface area is 150 Å². The quantitative estimate of drug-likeness (QED) is 0.665. The van der Waals surface area contributed by atoms with Crippen molar-refractivity contribution in [2.24, 2.45) is 0 Å². The highest BCUT2D eigenvalue weighted by atomic mass is 32.2. The lowest BCUT2D eigenvalue weighted by atomic mass is 10.1. The zero-order valence-electron chi connectivity index (χ0n) is 14.1. The van der Waals surface area contributed by atoms with E-state index in [1.165, 1.54) is 4.90 Å². The van der Waals surface area contributed by atoms with Gasteiger partial charge >= 0.3 is 6.01 Å². The highest BCUT2D eigenvalue weighted by Gasteiger charge is 2.11. The molecule has 1 aromatic heterocycles. The van der Waals surface area contributed by atoms with Crippen LogP contribution in [0.25, 0.3) is 11.5 Å². The minimum Gasteiger partial charge on any atom is -0.403 e. The Morgan fingerprint density at radius 2 is 1.80 bits per heavy atom. The molecule has 1 N–H and O–H groups in total. The molecule has 25 heavy (non-hydrogen) atoms. The van der Waals surface area contributed by atoms with Crippen molar-refractivity contribution in [3.8, 4) is 11.5 Å². The number of carbonyl (C=O) groups is 1. The number of carbonyl (C=O) groups excluding carboxylic acids is 1.